The topological polar surface area (TPSA) is 55.3 Å². The number of carbonyl (C=O) groups excluding carboxylic acids is 1. The fourth-order valence-corrected chi connectivity index (χ4v) is 4.32. The molecule has 22 heavy (non-hydrogen) atoms. The molecule has 0 aromatic carbocycles. The van der Waals surface area contributed by atoms with Crippen molar-refractivity contribution in [3.05, 3.63) is 18.5 Å². The molecule has 1 aromatic rings. The van der Waals surface area contributed by atoms with Gasteiger partial charge in [0.2, 0.25) is 5.91 Å². The van der Waals surface area contributed by atoms with Crippen molar-refractivity contribution in [2.45, 2.75) is 49.9 Å². The maximum absolute atomic E-state index is 12.4. The Morgan fingerprint density at radius 3 is 2.77 bits per heavy atom. The molecule has 1 aromatic heterocycles. The number of rotatable bonds is 5. The number of piperidine rings is 1. The number of aromatic nitrogens is 2. The first-order valence-corrected chi connectivity index (χ1v) is 9.19. The molecule has 120 valence electrons. The lowest BCUT2D eigenvalue weighted by Gasteiger charge is -2.32. The van der Waals surface area contributed by atoms with Crippen LogP contribution in [0.3, 0.4) is 0 Å². The summed E-state index contributed by atoms with van der Waals surface area (Å²) in [5, 5.41) is 0.693. The fraction of sp³-hybridized carbons (Fsp3) is 0.688. The summed E-state index contributed by atoms with van der Waals surface area (Å²) >= 11 is 1.83. The normalized spacial score (nSPS) is 22.7. The minimum atomic E-state index is 0.0107. The van der Waals surface area contributed by atoms with E-state index in [0.717, 1.165) is 19.4 Å². The van der Waals surface area contributed by atoms with E-state index < -0.39 is 0 Å². The Morgan fingerprint density at radius 1 is 1.23 bits per heavy atom. The predicted octanol–water partition coefficient (Wildman–Crippen LogP) is 2.52. The summed E-state index contributed by atoms with van der Waals surface area (Å²) < 4.78 is 5.79. The lowest BCUT2D eigenvalue weighted by molar-refractivity contribution is -0.131. The Labute approximate surface area is 135 Å². The molecule has 1 aliphatic carbocycles. The molecule has 1 saturated heterocycles. The minimum absolute atomic E-state index is 0.0107. The van der Waals surface area contributed by atoms with Crippen LogP contribution in [0.25, 0.3) is 0 Å². The zero-order valence-corrected chi connectivity index (χ0v) is 13.6. The summed E-state index contributed by atoms with van der Waals surface area (Å²) in [4.78, 5) is 22.5. The first-order valence-electron chi connectivity index (χ1n) is 8.14. The second kappa shape index (κ2) is 7.81. The zero-order valence-electron chi connectivity index (χ0n) is 12.8. The van der Waals surface area contributed by atoms with Crippen molar-refractivity contribution in [1.29, 1.82) is 0 Å². The Hall–Kier alpha value is -1.30. The summed E-state index contributed by atoms with van der Waals surface area (Å²) in [5.41, 5.74) is 0. The van der Waals surface area contributed by atoms with Gasteiger partial charge in [-0.1, -0.05) is 12.8 Å². The molecule has 0 spiro atoms. The lowest BCUT2D eigenvalue weighted by Crippen LogP contribution is -2.45. The molecule has 2 aliphatic rings. The average Bonchev–Trinajstić information content (AvgIpc) is 3.07. The van der Waals surface area contributed by atoms with E-state index in [1.54, 1.807) is 18.5 Å². The van der Waals surface area contributed by atoms with Crippen LogP contribution in [0.5, 0.6) is 6.01 Å². The molecule has 1 aliphatic heterocycles. The molecule has 0 bridgehead atoms. The molecule has 6 heteroatoms. The highest BCUT2D eigenvalue weighted by Gasteiger charge is 2.26. The van der Waals surface area contributed by atoms with E-state index in [4.69, 9.17) is 4.74 Å². The van der Waals surface area contributed by atoms with Crippen LogP contribution in [-0.2, 0) is 4.79 Å². The van der Waals surface area contributed by atoms with Crippen LogP contribution >= 0.6 is 11.8 Å². The van der Waals surface area contributed by atoms with Gasteiger partial charge in [0.25, 0.3) is 0 Å². The van der Waals surface area contributed by atoms with Crippen molar-refractivity contribution in [2.24, 2.45) is 0 Å². The van der Waals surface area contributed by atoms with Crippen LogP contribution in [0.4, 0.5) is 0 Å². The third-order valence-electron chi connectivity index (χ3n) is 4.29. The molecule has 3 rings (SSSR count). The smallest absolute Gasteiger partial charge is 0.316 e. The van der Waals surface area contributed by atoms with Gasteiger partial charge in [-0.2, -0.15) is 0 Å². The van der Waals surface area contributed by atoms with Crippen molar-refractivity contribution in [3.63, 3.8) is 0 Å². The second-order valence-electron chi connectivity index (χ2n) is 5.97. The highest BCUT2D eigenvalue weighted by Crippen LogP contribution is 2.29. The molecule has 0 N–H and O–H groups in total. The molecule has 2 heterocycles. The van der Waals surface area contributed by atoms with E-state index in [1.807, 2.05) is 16.7 Å². The van der Waals surface area contributed by atoms with Gasteiger partial charge in [-0.05, 0) is 31.7 Å². The summed E-state index contributed by atoms with van der Waals surface area (Å²) in [6, 6.07) is 2.17. The van der Waals surface area contributed by atoms with Crippen molar-refractivity contribution < 1.29 is 9.53 Å². The molecule has 0 radical (unpaired) electrons. The van der Waals surface area contributed by atoms with Crippen LogP contribution in [0.2, 0.25) is 0 Å². The van der Waals surface area contributed by atoms with Crippen LogP contribution in [0, 0.1) is 0 Å². The van der Waals surface area contributed by atoms with Gasteiger partial charge in [0, 0.05) is 24.2 Å². The zero-order chi connectivity index (χ0) is 15.2. The third kappa shape index (κ3) is 4.35. The maximum atomic E-state index is 12.4. The van der Waals surface area contributed by atoms with Gasteiger partial charge in [-0.25, -0.2) is 9.97 Å². The Balaban J connectivity index is 1.46. The van der Waals surface area contributed by atoms with Gasteiger partial charge >= 0.3 is 6.01 Å². The molecular weight excluding hydrogens is 298 g/mol. The van der Waals surface area contributed by atoms with Gasteiger partial charge in [-0.3, -0.25) is 4.79 Å². The predicted molar refractivity (Wildman–Crippen MR) is 87.0 cm³/mol. The largest absolute Gasteiger partial charge is 0.458 e. The van der Waals surface area contributed by atoms with Crippen molar-refractivity contribution in [3.8, 4) is 6.01 Å². The summed E-state index contributed by atoms with van der Waals surface area (Å²) in [6.07, 6.45) is 10.5. The quantitative estimate of drug-likeness (QED) is 0.834. The van der Waals surface area contributed by atoms with Gasteiger partial charge < -0.3 is 9.64 Å². The van der Waals surface area contributed by atoms with Crippen LogP contribution in [0.1, 0.15) is 38.5 Å². The van der Waals surface area contributed by atoms with E-state index >= 15 is 0 Å². The van der Waals surface area contributed by atoms with Crippen molar-refractivity contribution >= 4 is 17.7 Å². The first-order chi connectivity index (χ1) is 10.8. The molecule has 1 atom stereocenters. The number of hydrogen-bond donors (Lipinski definition) is 0. The molecule has 2 fully saturated rings. The van der Waals surface area contributed by atoms with Crippen molar-refractivity contribution in [2.75, 3.05) is 18.8 Å². The van der Waals surface area contributed by atoms with Crippen LogP contribution in [-0.4, -0.2) is 51.0 Å². The van der Waals surface area contributed by atoms with Crippen molar-refractivity contribution in [1.82, 2.24) is 14.9 Å². The highest BCUT2D eigenvalue weighted by atomic mass is 32.2. The molecular formula is C16H23N3O2S. The van der Waals surface area contributed by atoms with Gasteiger partial charge in [-0.15, -0.1) is 11.8 Å². The van der Waals surface area contributed by atoms with E-state index in [0.29, 0.717) is 23.6 Å². The number of thioether (sulfide) groups is 1. The number of likely N-dealkylation sites (tertiary alicyclic amines) is 1. The van der Waals surface area contributed by atoms with E-state index in [2.05, 4.69) is 9.97 Å². The van der Waals surface area contributed by atoms with Crippen LogP contribution in [0.15, 0.2) is 18.5 Å². The second-order valence-corrected chi connectivity index (χ2v) is 7.26. The van der Waals surface area contributed by atoms with Gasteiger partial charge in [0.1, 0.15) is 6.10 Å². The first kappa shape index (κ1) is 15.6. The van der Waals surface area contributed by atoms with Crippen LogP contribution < -0.4 is 4.74 Å². The molecule has 0 unspecified atom stereocenters. The monoisotopic (exact) mass is 321 g/mol. The summed E-state index contributed by atoms with van der Waals surface area (Å²) in [7, 11) is 0. The number of nitrogens with zero attached hydrogens (tertiary/aromatic N) is 3. The minimum Gasteiger partial charge on any atom is -0.458 e. The van der Waals surface area contributed by atoms with E-state index in [9.17, 15) is 4.79 Å². The maximum Gasteiger partial charge on any atom is 0.316 e. The Bertz CT molecular complexity index is 480. The standard InChI is InChI=1S/C16H23N3O2S/c20-15(12-22-14-6-1-2-7-14)19-10-3-5-13(11-19)21-16-17-8-4-9-18-16/h4,8-9,13-14H,1-3,5-7,10-12H2/t13-/m1/s1. The number of amides is 1. The third-order valence-corrected chi connectivity index (χ3v) is 5.65. The summed E-state index contributed by atoms with van der Waals surface area (Å²) in [6.45, 7) is 1.50. The highest BCUT2D eigenvalue weighted by molar-refractivity contribution is 8.00. The number of ether oxygens (including phenoxy) is 1. The molecule has 1 saturated carbocycles. The molecule has 5 nitrogen and oxygen atoms in total. The lowest BCUT2D eigenvalue weighted by atomic mass is 10.1. The number of carbonyl (C=O) groups is 1. The fourth-order valence-electron chi connectivity index (χ4n) is 3.09. The average molecular weight is 321 g/mol. The number of hydrogen-bond acceptors (Lipinski definition) is 5. The Morgan fingerprint density at radius 2 is 2.00 bits per heavy atom. The summed E-state index contributed by atoms with van der Waals surface area (Å²) in [5.74, 6) is 0.860. The van der Waals surface area contributed by atoms with E-state index in [1.165, 1.54) is 25.7 Å². The Kier molecular flexibility index (Phi) is 5.53. The SMILES string of the molecule is O=C(CSC1CCCC1)N1CCC[C@@H](Oc2ncccn2)C1. The van der Waals surface area contributed by atoms with E-state index in [-0.39, 0.29) is 12.0 Å². The van der Waals surface area contributed by atoms with Gasteiger partial charge in [0.05, 0.1) is 12.3 Å². The van der Waals surface area contributed by atoms with Gasteiger partial charge in [0.15, 0.2) is 0 Å². The molecule has 1 amide bonds.